The highest BCUT2D eigenvalue weighted by Gasteiger charge is 2.30. The van der Waals surface area contributed by atoms with Gasteiger partial charge in [-0.2, -0.15) is 0 Å². The molecule has 1 fully saturated rings. The van der Waals surface area contributed by atoms with E-state index in [4.69, 9.17) is 9.47 Å². The van der Waals surface area contributed by atoms with Gasteiger partial charge in [-0.25, -0.2) is 14.6 Å². The van der Waals surface area contributed by atoms with Crippen LogP contribution in [0.1, 0.15) is 44.5 Å². The highest BCUT2D eigenvalue weighted by atomic mass is 79.9. The molecule has 162 valence electrons. The van der Waals surface area contributed by atoms with Crippen LogP contribution in [-0.2, 0) is 16.0 Å². The standard InChI is InChI=1S/C21H26BrN3O5/c1-5-29-19(27)15-12-25(16-9-23-17(22)8-14(16)18(15)26)11-13-6-7-24(10-13)20(28)30-21(2,3)4/h8-9,12-13H,5-7,10-11H2,1-4H3/t13-/m0/s1. The molecule has 2 aromatic rings. The van der Waals surface area contributed by atoms with Gasteiger partial charge in [0.2, 0.25) is 5.43 Å². The second-order valence-corrected chi connectivity index (χ2v) is 9.16. The van der Waals surface area contributed by atoms with Gasteiger partial charge in [-0.1, -0.05) is 0 Å². The number of carbonyl (C=O) groups excluding carboxylic acids is 2. The minimum atomic E-state index is -0.645. The van der Waals surface area contributed by atoms with Gasteiger partial charge in [0.1, 0.15) is 15.8 Å². The smallest absolute Gasteiger partial charge is 0.410 e. The minimum Gasteiger partial charge on any atom is -0.462 e. The number of ether oxygens (including phenoxy) is 2. The molecule has 1 aliphatic rings. The highest BCUT2D eigenvalue weighted by Crippen LogP contribution is 2.23. The van der Waals surface area contributed by atoms with Crippen LogP contribution >= 0.6 is 15.9 Å². The number of fused-ring (bicyclic) bond motifs is 1. The zero-order valence-electron chi connectivity index (χ0n) is 17.6. The van der Waals surface area contributed by atoms with Gasteiger partial charge in [-0.15, -0.1) is 0 Å². The summed E-state index contributed by atoms with van der Waals surface area (Å²) >= 11 is 3.29. The lowest BCUT2D eigenvalue weighted by Gasteiger charge is -2.24. The number of pyridine rings is 2. The molecule has 0 unspecified atom stereocenters. The van der Waals surface area contributed by atoms with Crippen LogP contribution in [0.15, 0.2) is 27.9 Å². The van der Waals surface area contributed by atoms with Crippen molar-refractivity contribution in [3.05, 3.63) is 38.9 Å². The first kappa shape index (κ1) is 22.3. The van der Waals surface area contributed by atoms with Crippen LogP contribution in [-0.4, -0.2) is 51.8 Å². The molecule has 0 aromatic carbocycles. The van der Waals surface area contributed by atoms with Crippen molar-refractivity contribution in [2.45, 2.75) is 46.3 Å². The zero-order valence-corrected chi connectivity index (χ0v) is 19.2. The molecule has 0 saturated carbocycles. The second kappa shape index (κ2) is 8.75. The molecule has 1 amide bonds. The van der Waals surface area contributed by atoms with E-state index in [1.165, 1.54) is 6.20 Å². The topological polar surface area (TPSA) is 90.7 Å². The van der Waals surface area contributed by atoms with E-state index in [0.717, 1.165) is 6.42 Å². The predicted molar refractivity (Wildman–Crippen MR) is 116 cm³/mol. The van der Waals surface area contributed by atoms with Crippen molar-refractivity contribution < 1.29 is 19.1 Å². The molecule has 30 heavy (non-hydrogen) atoms. The Morgan fingerprint density at radius 2 is 2.07 bits per heavy atom. The molecule has 0 radical (unpaired) electrons. The monoisotopic (exact) mass is 479 g/mol. The lowest BCUT2D eigenvalue weighted by molar-refractivity contribution is 0.0287. The number of hydrogen-bond donors (Lipinski definition) is 0. The van der Waals surface area contributed by atoms with E-state index < -0.39 is 11.6 Å². The summed E-state index contributed by atoms with van der Waals surface area (Å²) in [6.45, 7) is 9.08. The molecule has 1 saturated heterocycles. The molecule has 9 heteroatoms. The van der Waals surface area contributed by atoms with Crippen molar-refractivity contribution in [2.24, 2.45) is 5.92 Å². The first-order valence-corrected chi connectivity index (χ1v) is 10.7. The van der Waals surface area contributed by atoms with Crippen LogP contribution in [0.4, 0.5) is 4.79 Å². The number of likely N-dealkylation sites (tertiary alicyclic amines) is 1. The molecule has 1 atom stereocenters. The fourth-order valence-corrected chi connectivity index (χ4v) is 3.85. The summed E-state index contributed by atoms with van der Waals surface area (Å²) in [6, 6.07) is 1.61. The summed E-state index contributed by atoms with van der Waals surface area (Å²) in [7, 11) is 0. The van der Waals surface area contributed by atoms with Gasteiger partial charge in [0.05, 0.1) is 23.7 Å². The fraction of sp³-hybridized carbons (Fsp3) is 0.524. The lowest BCUT2D eigenvalue weighted by atomic mass is 10.1. The highest BCUT2D eigenvalue weighted by molar-refractivity contribution is 9.10. The van der Waals surface area contributed by atoms with Crippen LogP contribution in [0.5, 0.6) is 0 Å². The van der Waals surface area contributed by atoms with Crippen molar-refractivity contribution >= 4 is 38.9 Å². The lowest BCUT2D eigenvalue weighted by Crippen LogP contribution is -2.35. The number of esters is 1. The Labute approximate surface area is 183 Å². The van der Waals surface area contributed by atoms with Gasteiger partial charge < -0.3 is 18.9 Å². The number of hydrogen-bond acceptors (Lipinski definition) is 6. The third kappa shape index (κ3) is 5.00. The van der Waals surface area contributed by atoms with Gasteiger partial charge in [0, 0.05) is 25.8 Å². The van der Waals surface area contributed by atoms with E-state index in [2.05, 4.69) is 20.9 Å². The maximum atomic E-state index is 12.8. The maximum Gasteiger partial charge on any atom is 0.410 e. The number of nitrogens with zero attached hydrogens (tertiary/aromatic N) is 3. The summed E-state index contributed by atoms with van der Waals surface area (Å²) in [5, 5.41) is 0.393. The third-order valence-electron chi connectivity index (χ3n) is 4.82. The van der Waals surface area contributed by atoms with Gasteiger partial charge in [-0.3, -0.25) is 4.79 Å². The number of amides is 1. The summed E-state index contributed by atoms with van der Waals surface area (Å²) in [6.07, 6.45) is 3.61. The number of rotatable bonds is 4. The first-order chi connectivity index (χ1) is 14.1. The van der Waals surface area contributed by atoms with Gasteiger partial charge in [-0.05, 0) is 62.0 Å². The molecule has 2 aromatic heterocycles. The van der Waals surface area contributed by atoms with Gasteiger partial charge in [0.15, 0.2) is 0 Å². The average Bonchev–Trinajstić information content (AvgIpc) is 3.11. The second-order valence-electron chi connectivity index (χ2n) is 8.35. The molecule has 0 aliphatic carbocycles. The molecular formula is C21H26BrN3O5. The van der Waals surface area contributed by atoms with E-state index in [1.807, 2.05) is 25.3 Å². The van der Waals surface area contributed by atoms with Gasteiger partial charge in [0.25, 0.3) is 0 Å². The van der Waals surface area contributed by atoms with E-state index in [0.29, 0.717) is 35.1 Å². The molecule has 8 nitrogen and oxygen atoms in total. The van der Waals surface area contributed by atoms with Crippen LogP contribution in [0.25, 0.3) is 10.9 Å². The Balaban J connectivity index is 1.89. The molecule has 3 heterocycles. The van der Waals surface area contributed by atoms with Crippen LogP contribution in [0, 0.1) is 5.92 Å². The number of carbonyl (C=O) groups is 2. The Hall–Kier alpha value is -2.42. The Bertz CT molecular complexity index is 1030. The zero-order chi connectivity index (χ0) is 22.1. The molecule has 0 bridgehead atoms. The van der Waals surface area contributed by atoms with Crippen LogP contribution in [0.3, 0.4) is 0 Å². The number of aromatic nitrogens is 2. The number of halogens is 1. The Morgan fingerprint density at radius 3 is 2.73 bits per heavy atom. The SMILES string of the molecule is CCOC(=O)c1cn(C[C@H]2CCN(C(=O)OC(C)(C)C)C2)c2cnc(Br)cc2c1=O. The molecule has 0 spiro atoms. The van der Waals surface area contributed by atoms with E-state index in [9.17, 15) is 14.4 Å². The third-order valence-corrected chi connectivity index (χ3v) is 5.25. The Kier molecular flexibility index (Phi) is 6.50. The molecule has 0 N–H and O–H groups in total. The normalized spacial score (nSPS) is 16.7. The Morgan fingerprint density at radius 1 is 1.33 bits per heavy atom. The average molecular weight is 480 g/mol. The van der Waals surface area contributed by atoms with Crippen LogP contribution < -0.4 is 5.43 Å². The van der Waals surface area contributed by atoms with E-state index in [-0.39, 0.29) is 29.6 Å². The van der Waals surface area contributed by atoms with Crippen molar-refractivity contribution in [1.29, 1.82) is 0 Å². The van der Waals surface area contributed by atoms with Crippen molar-refractivity contribution in [1.82, 2.24) is 14.5 Å². The van der Waals surface area contributed by atoms with Crippen LogP contribution in [0.2, 0.25) is 0 Å². The van der Waals surface area contributed by atoms with E-state index in [1.54, 1.807) is 24.1 Å². The fourth-order valence-electron chi connectivity index (χ4n) is 3.52. The summed E-state index contributed by atoms with van der Waals surface area (Å²) in [5.74, 6) is -0.491. The first-order valence-electron chi connectivity index (χ1n) is 9.92. The molecular weight excluding hydrogens is 454 g/mol. The van der Waals surface area contributed by atoms with Crippen molar-refractivity contribution in [2.75, 3.05) is 19.7 Å². The van der Waals surface area contributed by atoms with Crippen molar-refractivity contribution in [3.63, 3.8) is 0 Å². The molecule has 1 aliphatic heterocycles. The van der Waals surface area contributed by atoms with E-state index >= 15 is 0 Å². The molecule has 3 rings (SSSR count). The van der Waals surface area contributed by atoms with Crippen molar-refractivity contribution in [3.8, 4) is 0 Å². The minimum absolute atomic E-state index is 0.00977. The quantitative estimate of drug-likeness (QED) is 0.491. The summed E-state index contributed by atoms with van der Waals surface area (Å²) in [4.78, 5) is 43.4. The van der Waals surface area contributed by atoms with Gasteiger partial charge >= 0.3 is 12.1 Å². The predicted octanol–water partition coefficient (Wildman–Crippen LogP) is 3.59. The maximum absolute atomic E-state index is 12.8. The summed E-state index contributed by atoms with van der Waals surface area (Å²) < 4.78 is 12.9. The summed E-state index contributed by atoms with van der Waals surface area (Å²) in [5.41, 5.74) is -0.307. The largest absolute Gasteiger partial charge is 0.462 e.